The van der Waals surface area contributed by atoms with E-state index < -0.39 is 23.6 Å². The molecule has 12 heteroatoms. The Labute approximate surface area is 288 Å². The number of ether oxygens (including phenoxy) is 1. The highest BCUT2D eigenvalue weighted by Gasteiger charge is 2.48. The van der Waals surface area contributed by atoms with Crippen molar-refractivity contribution in [1.29, 1.82) is 0 Å². The first kappa shape index (κ1) is 36.4. The summed E-state index contributed by atoms with van der Waals surface area (Å²) in [5.74, 6) is -0.927. The lowest BCUT2D eigenvalue weighted by Gasteiger charge is -2.35. The van der Waals surface area contributed by atoms with Crippen molar-refractivity contribution in [3.63, 3.8) is 0 Å². The predicted octanol–water partition coefficient (Wildman–Crippen LogP) is 3.57. The van der Waals surface area contributed by atoms with Gasteiger partial charge >= 0.3 is 0 Å². The van der Waals surface area contributed by atoms with Crippen LogP contribution in [0.15, 0.2) is 29.8 Å². The molecule has 3 fully saturated rings. The Morgan fingerprint density at radius 1 is 1.15 bits per heavy atom. The highest BCUT2D eigenvalue weighted by atomic mass is 32.1. The molecule has 5 rings (SSSR count). The van der Waals surface area contributed by atoms with Crippen molar-refractivity contribution in [2.75, 3.05) is 32.8 Å². The van der Waals surface area contributed by atoms with Crippen molar-refractivity contribution >= 4 is 29.1 Å². The third-order valence-corrected chi connectivity index (χ3v) is 11.3. The molecule has 0 unspecified atom stereocenters. The van der Waals surface area contributed by atoms with Crippen LogP contribution in [0.25, 0.3) is 10.4 Å². The Bertz CT molecular complexity index is 1430. The third-order valence-electron chi connectivity index (χ3n) is 10.3. The van der Waals surface area contributed by atoms with E-state index in [1.807, 2.05) is 64.4 Å². The zero-order chi connectivity index (χ0) is 34.6. The van der Waals surface area contributed by atoms with Gasteiger partial charge in [0.05, 0.1) is 40.9 Å². The summed E-state index contributed by atoms with van der Waals surface area (Å²) in [6, 6.07) is 5.98. The Kier molecular flexibility index (Phi) is 11.6. The first-order valence-electron chi connectivity index (χ1n) is 17.4. The molecule has 264 valence electrons. The smallest absolute Gasteiger partial charge is 0.246 e. The van der Waals surface area contributed by atoms with Gasteiger partial charge in [0.2, 0.25) is 17.7 Å². The minimum Gasteiger partial charge on any atom is -0.394 e. The average Bonchev–Trinajstić information content (AvgIpc) is 3.82. The zero-order valence-electron chi connectivity index (χ0n) is 29.0. The molecule has 3 amide bonds. The maximum atomic E-state index is 14.0. The number of likely N-dealkylation sites (tertiary alicyclic amines) is 1. The lowest BCUT2D eigenvalue weighted by Crippen LogP contribution is -2.57. The number of fused-ring (bicyclic) bond motifs is 1. The normalized spacial score (nSPS) is 25.6. The number of hydrogen-bond donors (Lipinski definition) is 4. The largest absolute Gasteiger partial charge is 0.394 e. The van der Waals surface area contributed by atoms with E-state index in [9.17, 15) is 24.6 Å². The van der Waals surface area contributed by atoms with Crippen LogP contribution in [0.1, 0.15) is 89.9 Å². The number of aromatic nitrogens is 1. The molecule has 0 aliphatic carbocycles. The molecule has 1 aromatic carbocycles. The van der Waals surface area contributed by atoms with E-state index in [1.165, 1.54) is 4.90 Å². The van der Waals surface area contributed by atoms with Gasteiger partial charge in [0, 0.05) is 38.1 Å². The van der Waals surface area contributed by atoms with Gasteiger partial charge in [-0.05, 0) is 69.0 Å². The van der Waals surface area contributed by atoms with E-state index in [4.69, 9.17) is 4.74 Å². The molecule has 2 aromatic rings. The fraction of sp³-hybridized carbons (Fsp3) is 0.667. The molecule has 3 aliphatic rings. The van der Waals surface area contributed by atoms with Gasteiger partial charge in [-0.2, -0.15) is 0 Å². The predicted molar refractivity (Wildman–Crippen MR) is 185 cm³/mol. The number of rotatable bonds is 13. The molecule has 0 bridgehead atoms. The summed E-state index contributed by atoms with van der Waals surface area (Å²) in [6.07, 6.45) is 3.99. The summed E-state index contributed by atoms with van der Waals surface area (Å²) in [5, 5.41) is 26.5. The topological polar surface area (TPSA) is 144 Å². The summed E-state index contributed by atoms with van der Waals surface area (Å²) in [6.45, 7) is 12.1. The minimum absolute atomic E-state index is 0.0319. The van der Waals surface area contributed by atoms with Gasteiger partial charge in [-0.25, -0.2) is 4.98 Å². The fourth-order valence-corrected chi connectivity index (χ4v) is 8.30. The minimum atomic E-state index is -0.858. The summed E-state index contributed by atoms with van der Waals surface area (Å²) < 4.78 is 6.10. The second-order valence-corrected chi connectivity index (χ2v) is 15.8. The summed E-state index contributed by atoms with van der Waals surface area (Å²) >= 11 is 1.59. The maximum absolute atomic E-state index is 14.0. The van der Waals surface area contributed by atoms with Crippen LogP contribution in [-0.4, -0.2) is 105 Å². The SMILES string of the molecule is Cc1ncsc1-c1ccc([C@H](C)NC(=O)[C@@H]2C[C@@H](O)CN2C(=O)[C@@H](NC(=O)CCCCO[C@@H]2CN3CCC[C@]3(CO)C2)C(C)(C)C)cc1. The van der Waals surface area contributed by atoms with Crippen LogP contribution in [0, 0.1) is 12.3 Å². The number of aliphatic hydroxyl groups is 2. The standard InChI is InChI=1S/C36H53N5O6S/c1-23(25-10-12-26(13-11-25)31-24(2)37-22-48-31)38-33(45)29-17-27(43)19-41(29)34(46)32(35(3,4)5)39-30(44)9-6-7-16-47-28-18-36(21-42)14-8-15-40(36)20-28/h10-13,22-23,27-29,32,42-43H,6-9,14-21H2,1-5H3,(H,38,45)(H,39,44)/t23-,27+,28-,29-,32+,36+/m0/s1. The molecular formula is C36H53N5O6S. The molecule has 1 aromatic heterocycles. The molecule has 11 nitrogen and oxygen atoms in total. The molecule has 4 heterocycles. The third kappa shape index (κ3) is 8.27. The number of unbranched alkanes of at least 4 members (excludes halogenated alkanes) is 1. The van der Waals surface area contributed by atoms with Crippen LogP contribution in [0.3, 0.4) is 0 Å². The summed E-state index contributed by atoms with van der Waals surface area (Å²) in [7, 11) is 0. The number of carbonyl (C=O) groups is 3. The average molecular weight is 684 g/mol. The van der Waals surface area contributed by atoms with E-state index in [1.54, 1.807) is 11.3 Å². The number of hydrogen-bond acceptors (Lipinski definition) is 9. The van der Waals surface area contributed by atoms with E-state index in [-0.39, 0.29) is 61.4 Å². The number of aliphatic hydroxyl groups excluding tert-OH is 2. The maximum Gasteiger partial charge on any atom is 0.246 e. The van der Waals surface area contributed by atoms with Gasteiger partial charge in [0.1, 0.15) is 12.1 Å². The van der Waals surface area contributed by atoms with Crippen LogP contribution >= 0.6 is 11.3 Å². The van der Waals surface area contributed by atoms with E-state index in [2.05, 4.69) is 20.5 Å². The number of benzene rings is 1. The van der Waals surface area contributed by atoms with E-state index in [0.29, 0.717) is 13.0 Å². The van der Waals surface area contributed by atoms with Gasteiger partial charge in [-0.15, -0.1) is 11.3 Å². The molecule has 0 radical (unpaired) electrons. The number of carbonyl (C=O) groups excluding carboxylic acids is 3. The van der Waals surface area contributed by atoms with E-state index >= 15 is 0 Å². The quantitative estimate of drug-likeness (QED) is 0.235. The van der Waals surface area contributed by atoms with Crippen molar-refractivity contribution in [3.05, 3.63) is 41.0 Å². The van der Waals surface area contributed by atoms with Crippen molar-refractivity contribution in [3.8, 4) is 10.4 Å². The summed E-state index contributed by atoms with van der Waals surface area (Å²) in [5.41, 5.74) is 4.06. The zero-order valence-corrected chi connectivity index (χ0v) is 29.9. The second kappa shape index (κ2) is 15.3. The molecule has 3 aliphatic heterocycles. The van der Waals surface area contributed by atoms with Crippen LogP contribution < -0.4 is 10.6 Å². The Morgan fingerprint density at radius 2 is 1.90 bits per heavy atom. The van der Waals surface area contributed by atoms with Crippen LogP contribution in [-0.2, 0) is 19.1 Å². The van der Waals surface area contributed by atoms with Crippen molar-refractivity contribution in [2.45, 2.75) is 115 Å². The van der Waals surface area contributed by atoms with Crippen molar-refractivity contribution in [1.82, 2.24) is 25.4 Å². The number of nitrogens with one attached hydrogen (secondary N) is 2. The monoisotopic (exact) mass is 683 g/mol. The molecule has 4 N–H and O–H groups in total. The number of thiazole rings is 1. The Balaban J connectivity index is 1.11. The number of aryl methyl sites for hydroxylation is 1. The molecule has 3 saturated heterocycles. The molecule has 0 spiro atoms. The highest BCUT2D eigenvalue weighted by molar-refractivity contribution is 7.13. The summed E-state index contributed by atoms with van der Waals surface area (Å²) in [4.78, 5) is 49.8. The van der Waals surface area contributed by atoms with Gasteiger partial charge < -0.3 is 30.5 Å². The molecule has 6 atom stereocenters. The first-order valence-corrected chi connectivity index (χ1v) is 18.3. The van der Waals surface area contributed by atoms with Gasteiger partial charge in [-0.3, -0.25) is 19.3 Å². The van der Waals surface area contributed by atoms with Gasteiger partial charge in [0.25, 0.3) is 0 Å². The lowest BCUT2D eigenvalue weighted by atomic mass is 9.85. The van der Waals surface area contributed by atoms with Gasteiger partial charge in [-0.1, -0.05) is 45.0 Å². The van der Waals surface area contributed by atoms with Gasteiger partial charge in [0.15, 0.2) is 0 Å². The van der Waals surface area contributed by atoms with Crippen molar-refractivity contribution in [2.24, 2.45) is 5.41 Å². The lowest BCUT2D eigenvalue weighted by molar-refractivity contribution is -0.144. The number of β-amino-alcohol motifs (C(OH)–C–C–N with tert-alkyl or cyclic N) is 1. The van der Waals surface area contributed by atoms with E-state index in [0.717, 1.165) is 60.5 Å². The van der Waals surface area contributed by atoms with Crippen LogP contribution in [0.5, 0.6) is 0 Å². The molecular weight excluding hydrogens is 630 g/mol. The Hall–Kier alpha value is -2.90. The molecule has 48 heavy (non-hydrogen) atoms. The second-order valence-electron chi connectivity index (χ2n) is 15.0. The fourth-order valence-electron chi connectivity index (χ4n) is 7.49. The first-order chi connectivity index (χ1) is 22.8. The van der Waals surface area contributed by atoms with Crippen molar-refractivity contribution < 1.29 is 29.3 Å². The number of amides is 3. The molecule has 0 saturated carbocycles. The van der Waals surface area contributed by atoms with Crippen LogP contribution in [0.2, 0.25) is 0 Å². The number of nitrogens with zero attached hydrogens (tertiary/aromatic N) is 3. The highest BCUT2D eigenvalue weighted by Crippen LogP contribution is 2.39. The Morgan fingerprint density at radius 3 is 2.54 bits per heavy atom. The van der Waals surface area contributed by atoms with Crippen LogP contribution in [0.4, 0.5) is 0 Å².